The molecule has 1 heterocycles. The quantitative estimate of drug-likeness (QED) is 0.919. The van der Waals surface area contributed by atoms with Crippen LogP contribution in [0, 0.1) is 0 Å². The van der Waals surface area contributed by atoms with Crippen LogP contribution >= 0.6 is 0 Å². The molecule has 1 saturated heterocycles. The van der Waals surface area contributed by atoms with Gasteiger partial charge in [-0.1, -0.05) is 37.3 Å². The maximum atomic E-state index is 12.4. The van der Waals surface area contributed by atoms with Crippen molar-refractivity contribution in [1.29, 1.82) is 0 Å². The summed E-state index contributed by atoms with van der Waals surface area (Å²) in [7, 11) is 0. The first kappa shape index (κ1) is 14.6. The van der Waals surface area contributed by atoms with Gasteiger partial charge in [-0.2, -0.15) is 0 Å². The Morgan fingerprint density at radius 2 is 2.00 bits per heavy atom. The number of carboxylic acids is 1. The first-order valence-corrected chi connectivity index (χ1v) is 7.04. The number of likely N-dealkylation sites (tertiary alicyclic amines) is 1. The molecule has 0 aliphatic carbocycles. The van der Waals surface area contributed by atoms with E-state index in [0.29, 0.717) is 19.4 Å². The summed E-state index contributed by atoms with van der Waals surface area (Å²) in [6, 6.07) is 9.84. The van der Waals surface area contributed by atoms with Gasteiger partial charge in [-0.3, -0.25) is 4.79 Å². The Hall–Kier alpha value is -1.84. The normalized spacial score (nSPS) is 23.6. The first-order valence-electron chi connectivity index (χ1n) is 7.04. The van der Waals surface area contributed by atoms with Gasteiger partial charge in [0.25, 0.3) is 0 Å². The molecule has 1 N–H and O–H groups in total. The van der Waals surface area contributed by atoms with Crippen molar-refractivity contribution in [3.63, 3.8) is 0 Å². The van der Waals surface area contributed by atoms with E-state index in [1.807, 2.05) is 37.3 Å². The van der Waals surface area contributed by atoms with Gasteiger partial charge < -0.3 is 10.0 Å². The third-order valence-electron chi connectivity index (χ3n) is 4.25. The highest BCUT2D eigenvalue weighted by Crippen LogP contribution is 2.31. The van der Waals surface area contributed by atoms with Gasteiger partial charge in [0.05, 0.1) is 0 Å². The molecule has 2 rings (SSSR count). The monoisotopic (exact) mass is 275 g/mol. The zero-order valence-corrected chi connectivity index (χ0v) is 12.0. The van der Waals surface area contributed by atoms with E-state index in [0.717, 1.165) is 12.0 Å². The summed E-state index contributed by atoms with van der Waals surface area (Å²) in [4.78, 5) is 25.3. The predicted octanol–water partition coefficient (Wildman–Crippen LogP) is 2.65. The summed E-state index contributed by atoms with van der Waals surface area (Å²) in [5, 5.41) is 9.35. The molecule has 0 spiro atoms. The molecule has 0 aromatic heterocycles. The molecule has 20 heavy (non-hydrogen) atoms. The number of hydrogen-bond acceptors (Lipinski definition) is 2. The summed E-state index contributed by atoms with van der Waals surface area (Å²) < 4.78 is 0. The van der Waals surface area contributed by atoms with Gasteiger partial charge in [-0.25, -0.2) is 4.79 Å². The number of hydrogen-bond donors (Lipinski definition) is 1. The number of carboxylic acid groups (broad SMARTS) is 1. The molecule has 1 aromatic carbocycles. The Morgan fingerprint density at radius 1 is 1.35 bits per heavy atom. The van der Waals surface area contributed by atoms with Crippen LogP contribution < -0.4 is 0 Å². The number of rotatable bonds is 4. The van der Waals surface area contributed by atoms with Crippen LogP contribution in [0.15, 0.2) is 30.3 Å². The SMILES string of the molecule is CC(CC(=O)N1CCCC1(C)C(=O)O)c1ccccc1. The fraction of sp³-hybridized carbons (Fsp3) is 0.500. The Morgan fingerprint density at radius 3 is 2.60 bits per heavy atom. The summed E-state index contributed by atoms with van der Waals surface area (Å²) in [6.45, 7) is 4.19. The van der Waals surface area contributed by atoms with Gasteiger partial charge in [-0.05, 0) is 31.2 Å². The lowest BCUT2D eigenvalue weighted by Crippen LogP contribution is -2.50. The van der Waals surface area contributed by atoms with Crippen LogP contribution in [0.3, 0.4) is 0 Å². The van der Waals surface area contributed by atoms with E-state index in [1.165, 1.54) is 4.90 Å². The van der Waals surface area contributed by atoms with Gasteiger partial charge in [-0.15, -0.1) is 0 Å². The zero-order valence-electron chi connectivity index (χ0n) is 12.0. The van der Waals surface area contributed by atoms with Crippen molar-refractivity contribution >= 4 is 11.9 Å². The molecule has 1 fully saturated rings. The second-order valence-corrected chi connectivity index (χ2v) is 5.74. The van der Waals surface area contributed by atoms with E-state index in [2.05, 4.69) is 0 Å². The van der Waals surface area contributed by atoms with E-state index < -0.39 is 11.5 Å². The molecular formula is C16H21NO3. The van der Waals surface area contributed by atoms with Crippen molar-refractivity contribution in [2.24, 2.45) is 0 Å². The average Bonchev–Trinajstić information content (AvgIpc) is 2.83. The van der Waals surface area contributed by atoms with Gasteiger partial charge in [0.1, 0.15) is 5.54 Å². The van der Waals surface area contributed by atoms with Crippen LogP contribution in [0.2, 0.25) is 0 Å². The minimum absolute atomic E-state index is 0.0660. The van der Waals surface area contributed by atoms with Gasteiger partial charge >= 0.3 is 5.97 Å². The Balaban J connectivity index is 2.07. The topological polar surface area (TPSA) is 57.6 Å². The zero-order chi connectivity index (χ0) is 14.8. The van der Waals surface area contributed by atoms with Crippen LogP contribution in [0.1, 0.15) is 44.6 Å². The lowest BCUT2D eigenvalue weighted by molar-refractivity contribution is -0.155. The molecule has 0 saturated carbocycles. The summed E-state index contributed by atoms with van der Waals surface area (Å²) in [5.41, 5.74) is 0.0742. The third kappa shape index (κ3) is 2.69. The lowest BCUT2D eigenvalue weighted by Gasteiger charge is -2.32. The molecule has 0 radical (unpaired) electrons. The standard InChI is InChI=1S/C16H21NO3/c1-12(13-7-4-3-5-8-13)11-14(18)17-10-6-9-16(17,2)15(19)20/h3-5,7-8,12H,6,9-11H2,1-2H3,(H,19,20). The van der Waals surface area contributed by atoms with Crippen LogP contribution in [0.25, 0.3) is 0 Å². The smallest absolute Gasteiger partial charge is 0.329 e. The van der Waals surface area contributed by atoms with Crippen LogP contribution in [-0.4, -0.2) is 34.0 Å². The molecule has 4 heteroatoms. The van der Waals surface area contributed by atoms with E-state index >= 15 is 0 Å². The van der Waals surface area contributed by atoms with E-state index in [4.69, 9.17) is 0 Å². The molecule has 108 valence electrons. The predicted molar refractivity (Wildman–Crippen MR) is 76.5 cm³/mol. The molecule has 1 aromatic rings. The molecule has 1 amide bonds. The summed E-state index contributed by atoms with van der Waals surface area (Å²) in [5.74, 6) is -0.873. The fourth-order valence-electron chi connectivity index (χ4n) is 2.86. The number of aliphatic carboxylic acids is 1. The molecule has 2 unspecified atom stereocenters. The fourth-order valence-corrected chi connectivity index (χ4v) is 2.86. The molecule has 4 nitrogen and oxygen atoms in total. The van der Waals surface area contributed by atoms with E-state index in [9.17, 15) is 14.7 Å². The van der Waals surface area contributed by atoms with Gasteiger partial charge in [0.15, 0.2) is 0 Å². The average molecular weight is 275 g/mol. The highest BCUT2D eigenvalue weighted by molar-refractivity contribution is 5.87. The maximum Gasteiger partial charge on any atom is 0.329 e. The van der Waals surface area contributed by atoms with E-state index in [-0.39, 0.29) is 11.8 Å². The van der Waals surface area contributed by atoms with Crippen molar-refractivity contribution in [1.82, 2.24) is 4.90 Å². The first-order chi connectivity index (χ1) is 9.45. The van der Waals surface area contributed by atoms with E-state index in [1.54, 1.807) is 6.92 Å². The van der Waals surface area contributed by atoms with Crippen LogP contribution in [0.4, 0.5) is 0 Å². The second kappa shape index (κ2) is 5.65. The van der Waals surface area contributed by atoms with Crippen molar-refractivity contribution in [2.45, 2.75) is 44.6 Å². The van der Waals surface area contributed by atoms with Gasteiger partial charge in [0.2, 0.25) is 5.91 Å². The van der Waals surface area contributed by atoms with Crippen molar-refractivity contribution in [3.05, 3.63) is 35.9 Å². The van der Waals surface area contributed by atoms with Crippen molar-refractivity contribution in [2.75, 3.05) is 6.54 Å². The van der Waals surface area contributed by atoms with Crippen LogP contribution in [-0.2, 0) is 9.59 Å². The number of benzene rings is 1. The molecule has 0 bridgehead atoms. The highest BCUT2D eigenvalue weighted by atomic mass is 16.4. The molecule has 2 atom stereocenters. The summed E-state index contributed by atoms with van der Waals surface area (Å²) in [6.07, 6.45) is 1.65. The maximum absolute atomic E-state index is 12.4. The molecule has 1 aliphatic heterocycles. The third-order valence-corrected chi connectivity index (χ3v) is 4.25. The molecule has 1 aliphatic rings. The lowest BCUT2D eigenvalue weighted by atomic mass is 9.95. The van der Waals surface area contributed by atoms with Crippen molar-refractivity contribution in [3.8, 4) is 0 Å². The number of carbonyl (C=O) groups excluding carboxylic acids is 1. The second-order valence-electron chi connectivity index (χ2n) is 5.74. The largest absolute Gasteiger partial charge is 0.480 e. The Bertz CT molecular complexity index is 500. The van der Waals surface area contributed by atoms with Gasteiger partial charge in [0, 0.05) is 13.0 Å². The minimum Gasteiger partial charge on any atom is -0.480 e. The number of nitrogens with zero attached hydrogens (tertiary/aromatic N) is 1. The molecular weight excluding hydrogens is 254 g/mol. The minimum atomic E-state index is -1.03. The number of amides is 1. The highest BCUT2D eigenvalue weighted by Gasteiger charge is 2.45. The number of carbonyl (C=O) groups is 2. The summed E-state index contributed by atoms with van der Waals surface area (Å²) >= 11 is 0. The van der Waals surface area contributed by atoms with Crippen LogP contribution in [0.5, 0.6) is 0 Å². The van der Waals surface area contributed by atoms with Crippen molar-refractivity contribution < 1.29 is 14.7 Å². The Labute approximate surface area is 119 Å². The Kier molecular flexibility index (Phi) is 4.12.